The van der Waals surface area contributed by atoms with E-state index in [2.05, 4.69) is 5.32 Å². The quantitative estimate of drug-likeness (QED) is 0.802. The zero-order chi connectivity index (χ0) is 14.3. The number of carboxylic acids is 1. The predicted octanol–water partition coefficient (Wildman–Crippen LogP) is 1.56. The van der Waals surface area contributed by atoms with E-state index in [1.807, 2.05) is 0 Å². The summed E-state index contributed by atoms with van der Waals surface area (Å²) in [5, 5.41) is 12.4. The summed E-state index contributed by atoms with van der Waals surface area (Å²) >= 11 is 0. The molecule has 2 N–H and O–H groups in total. The van der Waals surface area contributed by atoms with Crippen molar-refractivity contribution in [2.45, 2.75) is 56.6 Å². The summed E-state index contributed by atoms with van der Waals surface area (Å²) in [4.78, 5) is 23.6. The van der Waals surface area contributed by atoms with Crippen LogP contribution in [0.5, 0.6) is 0 Å². The van der Waals surface area contributed by atoms with Crippen LogP contribution in [0.3, 0.4) is 0 Å². The maximum atomic E-state index is 12.2. The van der Waals surface area contributed by atoms with E-state index in [0.29, 0.717) is 12.3 Å². The number of carbonyl (C=O) groups excluding carboxylic acids is 1. The first kappa shape index (κ1) is 13.9. The second-order valence-corrected chi connectivity index (χ2v) is 6.71. The van der Waals surface area contributed by atoms with E-state index in [1.165, 1.54) is 0 Å². The Balaban J connectivity index is 1.62. The van der Waals surface area contributed by atoms with Crippen molar-refractivity contribution in [3.8, 4) is 0 Å². The van der Waals surface area contributed by atoms with Crippen LogP contribution in [0.1, 0.15) is 44.9 Å². The molecule has 20 heavy (non-hydrogen) atoms. The van der Waals surface area contributed by atoms with E-state index in [4.69, 9.17) is 4.74 Å². The number of fused-ring (bicyclic) bond motifs is 2. The van der Waals surface area contributed by atoms with Crippen LogP contribution >= 0.6 is 0 Å². The highest BCUT2D eigenvalue weighted by Crippen LogP contribution is 2.48. The molecule has 3 aliphatic carbocycles. The molecule has 0 saturated heterocycles. The highest BCUT2D eigenvalue weighted by Gasteiger charge is 2.52. The topological polar surface area (TPSA) is 75.6 Å². The highest BCUT2D eigenvalue weighted by atomic mass is 16.5. The van der Waals surface area contributed by atoms with E-state index in [9.17, 15) is 14.7 Å². The number of hydrogen-bond donors (Lipinski definition) is 2. The number of ether oxygens (including phenoxy) is 1. The van der Waals surface area contributed by atoms with Crippen molar-refractivity contribution in [2.75, 3.05) is 7.11 Å². The highest BCUT2D eigenvalue weighted by molar-refractivity contribution is 5.79. The first-order chi connectivity index (χ1) is 9.54. The van der Waals surface area contributed by atoms with Gasteiger partial charge in [-0.1, -0.05) is 0 Å². The Labute approximate surface area is 119 Å². The first-order valence-electron chi connectivity index (χ1n) is 7.62. The molecule has 0 aromatic rings. The van der Waals surface area contributed by atoms with Gasteiger partial charge in [0.1, 0.15) is 0 Å². The number of nitrogens with one attached hydrogen (secondary N) is 1. The van der Waals surface area contributed by atoms with Gasteiger partial charge in [-0.3, -0.25) is 9.59 Å². The van der Waals surface area contributed by atoms with Gasteiger partial charge in [-0.15, -0.1) is 0 Å². The van der Waals surface area contributed by atoms with Gasteiger partial charge in [-0.05, 0) is 50.4 Å². The van der Waals surface area contributed by atoms with Gasteiger partial charge in [-0.2, -0.15) is 0 Å². The molecular weight excluding hydrogens is 258 g/mol. The molecule has 3 fully saturated rings. The number of amides is 1. The normalized spacial score (nSPS) is 37.5. The molecular formula is C15H23NO4. The smallest absolute Gasteiger partial charge is 0.308 e. The molecule has 3 rings (SSSR count). The Bertz CT molecular complexity index is 413. The van der Waals surface area contributed by atoms with E-state index in [0.717, 1.165) is 38.5 Å². The molecule has 0 aliphatic heterocycles. The molecule has 3 saturated carbocycles. The molecule has 3 aliphatic rings. The average Bonchev–Trinajstić information content (AvgIpc) is 2.94. The molecule has 1 amide bonds. The molecule has 0 spiro atoms. The van der Waals surface area contributed by atoms with E-state index in [-0.39, 0.29) is 23.5 Å². The maximum absolute atomic E-state index is 12.2. The fourth-order valence-electron chi connectivity index (χ4n) is 4.41. The molecule has 5 heteroatoms. The Morgan fingerprint density at radius 2 is 2.00 bits per heavy atom. The lowest BCUT2D eigenvalue weighted by Crippen LogP contribution is -2.50. The van der Waals surface area contributed by atoms with E-state index >= 15 is 0 Å². The van der Waals surface area contributed by atoms with Gasteiger partial charge in [-0.25, -0.2) is 0 Å². The van der Waals surface area contributed by atoms with Crippen LogP contribution in [0, 0.1) is 17.8 Å². The van der Waals surface area contributed by atoms with Gasteiger partial charge < -0.3 is 15.2 Å². The Morgan fingerprint density at radius 3 is 2.55 bits per heavy atom. The maximum Gasteiger partial charge on any atom is 0.308 e. The van der Waals surface area contributed by atoms with Crippen molar-refractivity contribution in [1.82, 2.24) is 5.32 Å². The first-order valence-corrected chi connectivity index (χ1v) is 7.62. The zero-order valence-corrected chi connectivity index (χ0v) is 11.9. The lowest BCUT2D eigenvalue weighted by molar-refractivity contribution is -0.145. The van der Waals surface area contributed by atoms with E-state index in [1.54, 1.807) is 7.11 Å². The molecule has 4 atom stereocenters. The minimum atomic E-state index is -0.757. The van der Waals surface area contributed by atoms with Gasteiger partial charge in [0.05, 0.1) is 17.9 Å². The Morgan fingerprint density at radius 1 is 1.30 bits per heavy atom. The van der Waals surface area contributed by atoms with Crippen LogP contribution in [0.2, 0.25) is 0 Å². The number of carboxylic acid groups (broad SMARTS) is 1. The number of hydrogen-bond acceptors (Lipinski definition) is 3. The van der Waals surface area contributed by atoms with E-state index < -0.39 is 11.9 Å². The Kier molecular flexibility index (Phi) is 3.48. The lowest BCUT2D eigenvalue weighted by Gasteiger charge is -2.40. The summed E-state index contributed by atoms with van der Waals surface area (Å²) in [6.45, 7) is 0. The van der Waals surface area contributed by atoms with Gasteiger partial charge in [0.2, 0.25) is 5.91 Å². The minimum Gasteiger partial charge on any atom is -0.481 e. The van der Waals surface area contributed by atoms with Gasteiger partial charge in [0.15, 0.2) is 0 Å². The molecule has 0 aromatic carbocycles. The summed E-state index contributed by atoms with van der Waals surface area (Å²) in [6.07, 6.45) is 6.32. The average molecular weight is 281 g/mol. The number of carbonyl (C=O) groups is 2. The predicted molar refractivity (Wildman–Crippen MR) is 72.1 cm³/mol. The van der Waals surface area contributed by atoms with Crippen LogP contribution in [-0.2, 0) is 14.3 Å². The van der Waals surface area contributed by atoms with Gasteiger partial charge in [0, 0.05) is 13.2 Å². The summed E-state index contributed by atoms with van der Waals surface area (Å²) in [6, 6.07) is -0.173. The van der Waals surface area contributed by atoms with Crippen LogP contribution in [-0.4, -0.2) is 35.7 Å². The fourth-order valence-corrected chi connectivity index (χ4v) is 4.41. The second kappa shape index (κ2) is 5.02. The molecule has 5 nitrogen and oxygen atoms in total. The van der Waals surface area contributed by atoms with Crippen molar-refractivity contribution >= 4 is 11.9 Å². The van der Waals surface area contributed by atoms with Crippen molar-refractivity contribution in [3.05, 3.63) is 0 Å². The third-order valence-electron chi connectivity index (χ3n) is 5.71. The number of aliphatic carboxylic acids is 1. The summed E-state index contributed by atoms with van der Waals surface area (Å²) < 4.78 is 5.47. The zero-order valence-electron chi connectivity index (χ0n) is 11.9. The van der Waals surface area contributed by atoms with Gasteiger partial charge in [0.25, 0.3) is 0 Å². The third kappa shape index (κ3) is 2.22. The van der Waals surface area contributed by atoms with Crippen LogP contribution in [0.25, 0.3) is 0 Å². The molecule has 0 heterocycles. The molecule has 2 bridgehead atoms. The minimum absolute atomic E-state index is 0.0460. The second-order valence-electron chi connectivity index (χ2n) is 6.71. The number of methoxy groups -OCH3 is 1. The Hall–Kier alpha value is -1.10. The lowest BCUT2D eigenvalue weighted by atomic mass is 9.77. The summed E-state index contributed by atoms with van der Waals surface area (Å²) in [7, 11) is 1.66. The molecule has 112 valence electrons. The SMILES string of the molecule is COC1(CC(=O)NC2C3CCC(C3)C2C(=O)O)CCC1. The fraction of sp³-hybridized carbons (Fsp3) is 0.867. The summed E-state index contributed by atoms with van der Waals surface area (Å²) in [5.41, 5.74) is -0.291. The summed E-state index contributed by atoms with van der Waals surface area (Å²) in [5.74, 6) is -0.589. The van der Waals surface area contributed by atoms with Crippen LogP contribution in [0.4, 0.5) is 0 Å². The number of rotatable bonds is 5. The monoisotopic (exact) mass is 281 g/mol. The molecule has 0 radical (unpaired) electrons. The molecule has 0 aromatic heterocycles. The van der Waals surface area contributed by atoms with Crippen LogP contribution in [0.15, 0.2) is 0 Å². The largest absolute Gasteiger partial charge is 0.481 e. The van der Waals surface area contributed by atoms with Crippen molar-refractivity contribution in [1.29, 1.82) is 0 Å². The van der Waals surface area contributed by atoms with Crippen LogP contribution < -0.4 is 5.32 Å². The molecule has 4 unspecified atom stereocenters. The standard InChI is InChI=1S/C15H23NO4/c1-20-15(5-2-6-15)8-11(17)16-13-10-4-3-9(7-10)12(13)14(18)19/h9-10,12-13H,2-8H2,1H3,(H,16,17)(H,18,19). The van der Waals surface area contributed by atoms with Gasteiger partial charge >= 0.3 is 5.97 Å². The van der Waals surface area contributed by atoms with Crippen molar-refractivity contribution in [2.24, 2.45) is 17.8 Å². The third-order valence-corrected chi connectivity index (χ3v) is 5.71. The van der Waals surface area contributed by atoms with Crippen molar-refractivity contribution in [3.63, 3.8) is 0 Å². The van der Waals surface area contributed by atoms with Crippen molar-refractivity contribution < 1.29 is 19.4 Å².